The zero-order valence-electron chi connectivity index (χ0n) is 11.7. The van der Waals surface area contributed by atoms with E-state index in [9.17, 15) is 22.0 Å². The van der Waals surface area contributed by atoms with Gasteiger partial charge in [-0.1, -0.05) is 0 Å². The van der Waals surface area contributed by atoms with Crippen molar-refractivity contribution in [3.05, 3.63) is 35.4 Å². The van der Waals surface area contributed by atoms with Gasteiger partial charge in [-0.2, -0.15) is 13.2 Å². The summed E-state index contributed by atoms with van der Waals surface area (Å²) in [5.41, 5.74) is 0.463. The van der Waals surface area contributed by atoms with E-state index in [1.165, 1.54) is 12.1 Å². The van der Waals surface area contributed by atoms with Crippen LogP contribution in [0.3, 0.4) is 0 Å². The summed E-state index contributed by atoms with van der Waals surface area (Å²) >= 11 is 0. The molecule has 0 radical (unpaired) electrons. The molecule has 0 saturated heterocycles. The fourth-order valence-electron chi connectivity index (χ4n) is 2.86. The maximum atomic E-state index is 13.2. The lowest BCUT2D eigenvalue weighted by Gasteiger charge is -2.32. The summed E-state index contributed by atoms with van der Waals surface area (Å²) in [5, 5.41) is 3.16. The Labute approximate surface area is 120 Å². The minimum atomic E-state index is -4.12. The highest BCUT2D eigenvalue weighted by Crippen LogP contribution is 2.37. The average molecular weight is 307 g/mol. The van der Waals surface area contributed by atoms with Crippen LogP contribution in [-0.4, -0.2) is 12.2 Å². The average Bonchev–Trinajstić information content (AvgIpc) is 2.37. The Morgan fingerprint density at radius 3 is 2.00 bits per heavy atom. The van der Waals surface area contributed by atoms with Gasteiger partial charge in [-0.15, -0.1) is 0 Å². The van der Waals surface area contributed by atoms with Gasteiger partial charge in [-0.05, 0) is 50.3 Å². The van der Waals surface area contributed by atoms with Gasteiger partial charge in [0, 0.05) is 18.2 Å². The molecule has 1 fully saturated rings. The smallest absolute Gasteiger partial charge is 0.307 e. The van der Waals surface area contributed by atoms with E-state index in [1.54, 1.807) is 6.92 Å². The van der Waals surface area contributed by atoms with Crippen molar-refractivity contribution in [1.29, 1.82) is 0 Å². The molecule has 6 heteroatoms. The van der Waals surface area contributed by atoms with E-state index in [0.717, 1.165) is 6.07 Å². The normalized spacial score (nSPS) is 24.9. The Balaban J connectivity index is 1.91. The third-order valence-electron chi connectivity index (χ3n) is 4.06. The van der Waals surface area contributed by atoms with E-state index >= 15 is 0 Å². The van der Waals surface area contributed by atoms with Crippen molar-refractivity contribution in [1.82, 2.24) is 5.32 Å². The van der Waals surface area contributed by atoms with E-state index < -0.39 is 23.7 Å². The lowest BCUT2D eigenvalue weighted by Crippen LogP contribution is -2.38. The van der Waals surface area contributed by atoms with E-state index in [2.05, 4.69) is 5.32 Å². The Bertz CT molecular complexity index is 457. The van der Waals surface area contributed by atoms with E-state index in [-0.39, 0.29) is 24.9 Å². The standard InChI is InChI=1S/C15H18F5N/c1-9(10-6-12(16)8-13(17)7-10)21-14-4-2-11(3-5-14)15(18,19)20/h6-9,11,14,21H,2-5H2,1H3. The fourth-order valence-corrected chi connectivity index (χ4v) is 2.86. The van der Waals surface area contributed by atoms with E-state index in [4.69, 9.17) is 0 Å². The zero-order chi connectivity index (χ0) is 15.6. The predicted molar refractivity (Wildman–Crippen MR) is 69.7 cm³/mol. The highest BCUT2D eigenvalue weighted by atomic mass is 19.4. The van der Waals surface area contributed by atoms with Crippen molar-refractivity contribution in [3.63, 3.8) is 0 Å². The van der Waals surface area contributed by atoms with Gasteiger partial charge in [-0.3, -0.25) is 0 Å². The number of hydrogen-bond acceptors (Lipinski definition) is 1. The Hall–Kier alpha value is -1.17. The van der Waals surface area contributed by atoms with Crippen LogP contribution in [-0.2, 0) is 0 Å². The van der Waals surface area contributed by atoms with Crippen LogP contribution in [0.25, 0.3) is 0 Å². The van der Waals surface area contributed by atoms with Gasteiger partial charge in [0.1, 0.15) is 11.6 Å². The summed E-state index contributed by atoms with van der Waals surface area (Å²) < 4.78 is 64.1. The van der Waals surface area contributed by atoms with Crippen molar-refractivity contribution < 1.29 is 22.0 Å². The van der Waals surface area contributed by atoms with Gasteiger partial charge in [0.05, 0.1) is 5.92 Å². The number of benzene rings is 1. The molecule has 1 aliphatic rings. The summed E-state index contributed by atoms with van der Waals surface area (Å²) in [6, 6.07) is 2.92. The molecule has 0 spiro atoms. The molecule has 2 rings (SSSR count). The molecule has 0 amide bonds. The van der Waals surface area contributed by atoms with Crippen molar-refractivity contribution in [3.8, 4) is 0 Å². The second kappa shape index (κ2) is 6.30. The van der Waals surface area contributed by atoms with Gasteiger partial charge in [0.2, 0.25) is 0 Å². The monoisotopic (exact) mass is 307 g/mol. The highest BCUT2D eigenvalue weighted by molar-refractivity contribution is 5.21. The molecule has 21 heavy (non-hydrogen) atoms. The Morgan fingerprint density at radius 1 is 1.00 bits per heavy atom. The van der Waals surface area contributed by atoms with Crippen molar-refractivity contribution >= 4 is 0 Å². The van der Waals surface area contributed by atoms with Crippen LogP contribution in [0.2, 0.25) is 0 Å². The first kappa shape index (κ1) is 16.2. The molecule has 1 aliphatic carbocycles. The van der Waals surface area contributed by atoms with Gasteiger partial charge >= 0.3 is 6.18 Å². The maximum Gasteiger partial charge on any atom is 0.391 e. The molecule has 1 N–H and O–H groups in total. The topological polar surface area (TPSA) is 12.0 Å². The molecule has 0 aliphatic heterocycles. The van der Waals surface area contributed by atoms with Crippen LogP contribution < -0.4 is 5.32 Å². The molecule has 1 aromatic carbocycles. The highest BCUT2D eigenvalue weighted by Gasteiger charge is 2.41. The summed E-state index contributed by atoms with van der Waals surface area (Å²) in [6.45, 7) is 1.75. The number of hydrogen-bond donors (Lipinski definition) is 1. The van der Waals surface area contributed by atoms with Crippen LogP contribution in [0.1, 0.15) is 44.2 Å². The molecule has 1 aromatic rings. The number of halogens is 5. The van der Waals surface area contributed by atoms with E-state index in [0.29, 0.717) is 18.4 Å². The van der Waals surface area contributed by atoms with Gasteiger partial charge < -0.3 is 5.32 Å². The fraction of sp³-hybridized carbons (Fsp3) is 0.600. The lowest BCUT2D eigenvalue weighted by molar-refractivity contribution is -0.182. The summed E-state index contributed by atoms with van der Waals surface area (Å²) in [7, 11) is 0. The molecule has 1 unspecified atom stereocenters. The molecule has 0 heterocycles. The molecule has 1 nitrogen and oxygen atoms in total. The van der Waals surface area contributed by atoms with Crippen LogP contribution in [0.15, 0.2) is 18.2 Å². The minimum absolute atomic E-state index is 0.0510. The van der Waals surface area contributed by atoms with E-state index in [1.807, 2.05) is 0 Å². The third-order valence-corrected chi connectivity index (χ3v) is 4.06. The molecule has 1 atom stereocenters. The maximum absolute atomic E-state index is 13.2. The number of alkyl halides is 3. The van der Waals surface area contributed by atoms with Crippen LogP contribution in [0, 0.1) is 17.6 Å². The predicted octanol–water partition coefficient (Wildman–Crippen LogP) is 4.74. The second-order valence-corrected chi connectivity index (χ2v) is 5.68. The van der Waals surface area contributed by atoms with Gasteiger partial charge in [0.25, 0.3) is 0 Å². The van der Waals surface area contributed by atoms with Gasteiger partial charge in [-0.25, -0.2) is 8.78 Å². The molecular formula is C15H18F5N. The number of rotatable bonds is 3. The molecule has 118 valence electrons. The molecule has 0 aromatic heterocycles. The first-order valence-corrected chi connectivity index (χ1v) is 7.04. The number of nitrogens with one attached hydrogen (secondary N) is 1. The zero-order valence-corrected chi connectivity index (χ0v) is 11.7. The molecule has 1 saturated carbocycles. The van der Waals surface area contributed by atoms with Crippen LogP contribution in [0.4, 0.5) is 22.0 Å². The quantitative estimate of drug-likeness (QED) is 0.796. The molecule has 0 bridgehead atoms. The Morgan fingerprint density at radius 2 is 1.52 bits per heavy atom. The summed E-state index contributed by atoms with van der Waals surface area (Å²) in [5.74, 6) is -2.53. The van der Waals surface area contributed by atoms with Gasteiger partial charge in [0.15, 0.2) is 0 Å². The van der Waals surface area contributed by atoms with Crippen LogP contribution >= 0.6 is 0 Å². The third kappa shape index (κ3) is 4.40. The minimum Gasteiger partial charge on any atom is -0.307 e. The first-order valence-electron chi connectivity index (χ1n) is 7.04. The molecular weight excluding hydrogens is 289 g/mol. The first-order chi connectivity index (χ1) is 9.75. The SMILES string of the molecule is CC(NC1CCC(C(F)(F)F)CC1)c1cc(F)cc(F)c1. The van der Waals surface area contributed by atoms with Crippen molar-refractivity contribution in [2.24, 2.45) is 5.92 Å². The largest absolute Gasteiger partial charge is 0.391 e. The van der Waals surface area contributed by atoms with Crippen molar-refractivity contribution in [2.45, 2.75) is 50.9 Å². The van der Waals surface area contributed by atoms with Crippen LogP contribution in [0.5, 0.6) is 0 Å². The summed E-state index contributed by atoms with van der Waals surface area (Å²) in [4.78, 5) is 0. The summed E-state index contributed by atoms with van der Waals surface area (Å²) in [6.07, 6.45) is -3.07. The Kier molecular flexibility index (Phi) is 4.86. The second-order valence-electron chi connectivity index (χ2n) is 5.68. The lowest BCUT2D eigenvalue weighted by atomic mass is 9.85. The van der Waals surface area contributed by atoms with Crippen molar-refractivity contribution in [2.75, 3.05) is 0 Å².